The molecule has 2 aromatic rings. The Balaban J connectivity index is 1.68. The zero-order chi connectivity index (χ0) is 13.3. The largest absolute Gasteiger partial charge is 0.351 e. The topological polar surface area (TPSA) is 46.9 Å². The normalized spacial score (nSPS) is 16.1. The summed E-state index contributed by atoms with van der Waals surface area (Å²) in [6.45, 7) is 0.543. The molecule has 0 bridgehead atoms. The van der Waals surface area contributed by atoms with E-state index in [4.69, 9.17) is 0 Å². The molecule has 0 atom stereocenters. The lowest BCUT2D eigenvalue weighted by atomic mass is 9.95. The van der Waals surface area contributed by atoms with Gasteiger partial charge in [0, 0.05) is 25.4 Å². The molecule has 19 heavy (non-hydrogen) atoms. The van der Waals surface area contributed by atoms with E-state index in [1.54, 1.807) is 10.9 Å². The van der Waals surface area contributed by atoms with Crippen molar-refractivity contribution in [3.63, 3.8) is 0 Å². The van der Waals surface area contributed by atoms with Crippen LogP contribution in [0.2, 0.25) is 0 Å². The summed E-state index contributed by atoms with van der Waals surface area (Å²) < 4.78 is 1.74. The summed E-state index contributed by atoms with van der Waals surface area (Å²) in [5.74, 6) is 0.127. The summed E-state index contributed by atoms with van der Waals surface area (Å²) in [6.07, 6.45) is 5.58. The van der Waals surface area contributed by atoms with E-state index in [1.807, 2.05) is 43.6 Å². The minimum atomic E-state index is -0.288. The van der Waals surface area contributed by atoms with Crippen molar-refractivity contribution in [1.29, 1.82) is 0 Å². The van der Waals surface area contributed by atoms with Crippen LogP contribution in [-0.4, -0.2) is 15.7 Å². The van der Waals surface area contributed by atoms with Gasteiger partial charge in [0.25, 0.3) is 0 Å². The van der Waals surface area contributed by atoms with Crippen LogP contribution in [0, 0.1) is 0 Å². The Kier molecular flexibility index (Phi) is 2.85. The number of hydrogen-bond acceptors (Lipinski definition) is 2. The maximum atomic E-state index is 12.4. The molecule has 4 nitrogen and oxygen atoms in total. The third-order valence-corrected chi connectivity index (χ3v) is 3.72. The van der Waals surface area contributed by atoms with E-state index in [2.05, 4.69) is 10.4 Å². The molecule has 0 radical (unpaired) electrons. The van der Waals surface area contributed by atoms with Crippen molar-refractivity contribution in [3.05, 3.63) is 53.9 Å². The number of rotatable bonds is 4. The zero-order valence-corrected chi connectivity index (χ0v) is 11.0. The highest BCUT2D eigenvalue weighted by Crippen LogP contribution is 2.48. The molecule has 1 aliphatic carbocycles. The molecule has 1 fully saturated rings. The molecular weight excluding hydrogens is 238 g/mol. The fourth-order valence-corrected chi connectivity index (χ4v) is 2.44. The van der Waals surface area contributed by atoms with Gasteiger partial charge in [0.15, 0.2) is 0 Å². The lowest BCUT2D eigenvalue weighted by Gasteiger charge is -2.15. The SMILES string of the molecule is Cn1cc(CNC(=O)C2(c3ccccc3)CC2)cn1. The van der Waals surface area contributed by atoms with Gasteiger partial charge in [0.05, 0.1) is 11.6 Å². The summed E-state index contributed by atoms with van der Waals surface area (Å²) >= 11 is 0. The maximum Gasteiger partial charge on any atom is 0.230 e. The van der Waals surface area contributed by atoms with Crippen molar-refractivity contribution < 1.29 is 4.79 Å². The number of carbonyl (C=O) groups is 1. The molecular formula is C15H17N3O. The predicted molar refractivity (Wildman–Crippen MR) is 72.4 cm³/mol. The van der Waals surface area contributed by atoms with Gasteiger partial charge < -0.3 is 5.32 Å². The molecule has 3 rings (SSSR count). The Bertz CT molecular complexity index is 584. The lowest BCUT2D eigenvalue weighted by molar-refractivity contribution is -0.123. The van der Waals surface area contributed by atoms with Gasteiger partial charge in [0.1, 0.15) is 0 Å². The number of carbonyl (C=O) groups excluding carboxylic acids is 1. The first-order chi connectivity index (χ1) is 9.21. The highest BCUT2D eigenvalue weighted by molar-refractivity contribution is 5.91. The van der Waals surface area contributed by atoms with Crippen LogP contribution < -0.4 is 5.32 Å². The van der Waals surface area contributed by atoms with Gasteiger partial charge >= 0.3 is 0 Å². The fraction of sp³-hybridized carbons (Fsp3) is 0.333. The van der Waals surface area contributed by atoms with Crippen LogP contribution in [0.1, 0.15) is 24.0 Å². The Morgan fingerprint density at radius 1 is 1.37 bits per heavy atom. The number of aryl methyl sites for hydroxylation is 1. The first kappa shape index (κ1) is 12.0. The molecule has 0 aliphatic heterocycles. The minimum Gasteiger partial charge on any atom is -0.351 e. The molecule has 1 aromatic heterocycles. The van der Waals surface area contributed by atoms with Gasteiger partial charge in [-0.15, -0.1) is 0 Å². The predicted octanol–water partition coefficient (Wildman–Crippen LogP) is 1.77. The molecule has 98 valence electrons. The highest BCUT2D eigenvalue weighted by atomic mass is 16.2. The molecule has 0 unspecified atom stereocenters. The second kappa shape index (κ2) is 4.53. The van der Waals surface area contributed by atoms with Gasteiger partial charge in [-0.25, -0.2) is 0 Å². The summed E-state index contributed by atoms with van der Waals surface area (Å²) in [4.78, 5) is 12.4. The second-order valence-corrected chi connectivity index (χ2v) is 5.15. The van der Waals surface area contributed by atoms with Gasteiger partial charge in [0.2, 0.25) is 5.91 Å². The number of benzene rings is 1. The van der Waals surface area contributed by atoms with E-state index in [-0.39, 0.29) is 11.3 Å². The van der Waals surface area contributed by atoms with Crippen LogP contribution >= 0.6 is 0 Å². The van der Waals surface area contributed by atoms with Crippen molar-refractivity contribution in [2.45, 2.75) is 24.8 Å². The molecule has 1 aromatic carbocycles. The average Bonchev–Trinajstić information content (AvgIpc) is 3.15. The zero-order valence-electron chi connectivity index (χ0n) is 11.0. The minimum absolute atomic E-state index is 0.127. The summed E-state index contributed by atoms with van der Waals surface area (Å²) in [6, 6.07) is 10.0. The molecule has 1 N–H and O–H groups in total. The Labute approximate surface area is 112 Å². The fourth-order valence-electron chi connectivity index (χ4n) is 2.44. The molecule has 1 amide bonds. The molecule has 0 spiro atoms. The average molecular weight is 255 g/mol. The number of hydrogen-bond donors (Lipinski definition) is 1. The van der Waals surface area contributed by atoms with Crippen molar-refractivity contribution in [1.82, 2.24) is 15.1 Å². The first-order valence-electron chi connectivity index (χ1n) is 6.52. The van der Waals surface area contributed by atoms with E-state index in [0.29, 0.717) is 6.54 Å². The Hall–Kier alpha value is -2.10. The smallest absolute Gasteiger partial charge is 0.230 e. The standard InChI is InChI=1S/C15H17N3O/c1-18-11-12(10-17-18)9-16-14(19)15(7-8-15)13-5-3-2-4-6-13/h2-6,10-11H,7-9H2,1H3,(H,16,19). The van der Waals surface area contributed by atoms with E-state index in [1.165, 1.54) is 0 Å². The molecule has 1 saturated carbocycles. The van der Waals surface area contributed by atoms with Crippen LogP contribution in [0.15, 0.2) is 42.7 Å². The Morgan fingerprint density at radius 3 is 2.68 bits per heavy atom. The Morgan fingerprint density at radius 2 is 2.11 bits per heavy atom. The van der Waals surface area contributed by atoms with Crippen LogP contribution in [0.4, 0.5) is 0 Å². The number of nitrogens with zero attached hydrogens (tertiary/aromatic N) is 2. The monoisotopic (exact) mass is 255 g/mol. The van der Waals surface area contributed by atoms with Crippen LogP contribution in [-0.2, 0) is 23.8 Å². The number of nitrogens with one attached hydrogen (secondary N) is 1. The highest BCUT2D eigenvalue weighted by Gasteiger charge is 2.50. The molecule has 1 heterocycles. The van der Waals surface area contributed by atoms with E-state index < -0.39 is 0 Å². The second-order valence-electron chi connectivity index (χ2n) is 5.15. The van der Waals surface area contributed by atoms with E-state index in [0.717, 1.165) is 24.0 Å². The third kappa shape index (κ3) is 2.26. The van der Waals surface area contributed by atoms with Crippen LogP contribution in [0.3, 0.4) is 0 Å². The van der Waals surface area contributed by atoms with E-state index in [9.17, 15) is 4.79 Å². The van der Waals surface area contributed by atoms with Crippen molar-refractivity contribution in [2.75, 3.05) is 0 Å². The first-order valence-corrected chi connectivity index (χ1v) is 6.52. The van der Waals surface area contributed by atoms with Gasteiger partial charge in [-0.1, -0.05) is 30.3 Å². The third-order valence-electron chi connectivity index (χ3n) is 3.72. The number of aromatic nitrogens is 2. The molecule has 4 heteroatoms. The van der Waals surface area contributed by atoms with Crippen molar-refractivity contribution in [3.8, 4) is 0 Å². The van der Waals surface area contributed by atoms with Gasteiger partial charge in [-0.3, -0.25) is 9.48 Å². The maximum absolute atomic E-state index is 12.4. The quantitative estimate of drug-likeness (QED) is 0.905. The van der Waals surface area contributed by atoms with Crippen LogP contribution in [0.5, 0.6) is 0 Å². The van der Waals surface area contributed by atoms with Crippen molar-refractivity contribution >= 4 is 5.91 Å². The molecule has 1 aliphatic rings. The summed E-state index contributed by atoms with van der Waals surface area (Å²) in [5.41, 5.74) is 1.86. The van der Waals surface area contributed by atoms with Gasteiger partial charge in [-0.2, -0.15) is 5.10 Å². The number of amides is 1. The van der Waals surface area contributed by atoms with Gasteiger partial charge in [-0.05, 0) is 18.4 Å². The van der Waals surface area contributed by atoms with Crippen LogP contribution in [0.25, 0.3) is 0 Å². The lowest BCUT2D eigenvalue weighted by Crippen LogP contribution is -2.34. The van der Waals surface area contributed by atoms with E-state index >= 15 is 0 Å². The summed E-state index contributed by atoms with van der Waals surface area (Å²) in [5, 5.41) is 7.12. The van der Waals surface area contributed by atoms with Crippen molar-refractivity contribution in [2.24, 2.45) is 7.05 Å². The molecule has 0 saturated heterocycles. The summed E-state index contributed by atoms with van der Waals surface area (Å²) in [7, 11) is 1.87.